The summed E-state index contributed by atoms with van der Waals surface area (Å²) in [5.74, 6) is 1.83. The van der Waals surface area contributed by atoms with E-state index in [1.165, 1.54) is 21.9 Å². The first-order chi connectivity index (χ1) is 25.6. The number of furan rings is 1. The second-order valence-corrected chi connectivity index (χ2v) is 13.4. The molecule has 0 aliphatic heterocycles. The Morgan fingerprint density at radius 1 is 0.423 bits per heavy atom. The standard InChI is InChI=1S/C47H32N4O/c1-29-20-23-35-36-24-21-30(2)27-42(36)51(41(35)26-29)40-25-22-33(34-17-11-18-38-37-16-9-10-19-43(37)52-44(34)38)28-39(40)47-49-45(31-12-5-3-6-13-31)48-46(50-47)32-14-7-4-8-15-32/h3-28H,1-2H3. The zero-order valence-corrected chi connectivity index (χ0v) is 28.7. The van der Waals surface area contributed by atoms with Gasteiger partial charge >= 0.3 is 0 Å². The summed E-state index contributed by atoms with van der Waals surface area (Å²) in [6, 6.07) is 54.9. The van der Waals surface area contributed by atoms with Crippen molar-refractivity contribution in [3.63, 3.8) is 0 Å². The molecule has 3 heterocycles. The van der Waals surface area contributed by atoms with Crippen molar-refractivity contribution in [2.45, 2.75) is 13.8 Å². The Kier molecular flexibility index (Phi) is 6.86. The van der Waals surface area contributed by atoms with Gasteiger partial charge in [-0.1, -0.05) is 127 Å². The highest BCUT2D eigenvalue weighted by Gasteiger charge is 2.22. The van der Waals surface area contributed by atoms with Crippen LogP contribution in [0.5, 0.6) is 0 Å². The van der Waals surface area contributed by atoms with E-state index in [4.69, 9.17) is 19.4 Å². The molecule has 0 bridgehead atoms. The van der Waals surface area contributed by atoms with Gasteiger partial charge in [0, 0.05) is 43.8 Å². The van der Waals surface area contributed by atoms with Gasteiger partial charge in [-0.05, 0) is 60.9 Å². The van der Waals surface area contributed by atoms with Crippen LogP contribution in [0.1, 0.15) is 11.1 Å². The van der Waals surface area contributed by atoms with Gasteiger partial charge < -0.3 is 8.98 Å². The first-order valence-corrected chi connectivity index (χ1v) is 17.5. The van der Waals surface area contributed by atoms with Crippen LogP contribution in [-0.2, 0) is 0 Å². The average Bonchev–Trinajstić information content (AvgIpc) is 3.73. The van der Waals surface area contributed by atoms with E-state index >= 15 is 0 Å². The van der Waals surface area contributed by atoms with Crippen LogP contribution in [0.15, 0.2) is 162 Å². The predicted molar refractivity (Wildman–Crippen MR) is 213 cm³/mol. The van der Waals surface area contributed by atoms with E-state index in [-0.39, 0.29) is 0 Å². The molecule has 10 rings (SSSR count). The van der Waals surface area contributed by atoms with Crippen molar-refractivity contribution in [2.24, 2.45) is 0 Å². The molecule has 0 amide bonds. The lowest BCUT2D eigenvalue weighted by molar-refractivity contribution is 0.670. The van der Waals surface area contributed by atoms with Crippen LogP contribution in [0.25, 0.3) is 94.7 Å². The fraction of sp³-hybridized carbons (Fsp3) is 0.0426. The zero-order chi connectivity index (χ0) is 34.8. The Morgan fingerprint density at radius 2 is 1.00 bits per heavy atom. The van der Waals surface area contributed by atoms with Crippen molar-refractivity contribution in [2.75, 3.05) is 0 Å². The highest BCUT2D eigenvalue weighted by atomic mass is 16.3. The molecule has 0 N–H and O–H groups in total. The number of para-hydroxylation sites is 2. The molecule has 0 spiro atoms. The normalized spacial score (nSPS) is 11.7. The SMILES string of the molecule is Cc1ccc2c3ccc(C)cc3n(-c3ccc(-c4cccc5c4oc4ccccc45)cc3-c3nc(-c4ccccc4)nc(-c4ccccc4)n3)c2c1. The van der Waals surface area contributed by atoms with E-state index in [1.807, 2.05) is 72.8 Å². The summed E-state index contributed by atoms with van der Waals surface area (Å²) in [6.45, 7) is 4.30. The molecule has 246 valence electrons. The summed E-state index contributed by atoms with van der Waals surface area (Å²) in [7, 11) is 0. The maximum absolute atomic E-state index is 6.54. The van der Waals surface area contributed by atoms with E-state index in [0.717, 1.165) is 66.5 Å². The minimum Gasteiger partial charge on any atom is -0.455 e. The predicted octanol–water partition coefficient (Wildman–Crippen LogP) is 12.2. The van der Waals surface area contributed by atoms with Crippen LogP contribution in [0, 0.1) is 13.8 Å². The van der Waals surface area contributed by atoms with Crippen LogP contribution in [0.2, 0.25) is 0 Å². The van der Waals surface area contributed by atoms with Gasteiger partial charge in [-0.25, -0.2) is 15.0 Å². The van der Waals surface area contributed by atoms with Crippen molar-refractivity contribution in [1.29, 1.82) is 0 Å². The number of rotatable bonds is 5. The van der Waals surface area contributed by atoms with Crippen molar-refractivity contribution in [3.05, 3.63) is 169 Å². The molecule has 0 aliphatic rings. The van der Waals surface area contributed by atoms with Crippen molar-refractivity contribution >= 4 is 43.7 Å². The number of aromatic nitrogens is 4. The summed E-state index contributed by atoms with van der Waals surface area (Å²) < 4.78 is 8.91. The summed E-state index contributed by atoms with van der Waals surface area (Å²) in [5.41, 5.74) is 12.1. The smallest absolute Gasteiger partial charge is 0.166 e. The Morgan fingerprint density at radius 3 is 1.65 bits per heavy atom. The fourth-order valence-corrected chi connectivity index (χ4v) is 7.48. The average molecular weight is 669 g/mol. The van der Waals surface area contributed by atoms with Gasteiger partial charge in [0.2, 0.25) is 0 Å². The molecule has 5 heteroatoms. The molecule has 0 saturated carbocycles. The molecule has 0 radical (unpaired) electrons. The van der Waals surface area contributed by atoms with Crippen LogP contribution >= 0.6 is 0 Å². The maximum Gasteiger partial charge on any atom is 0.166 e. The topological polar surface area (TPSA) is 56.7 Å². The number of hydrogen-bond acceptors (Lipinski definition) is 4. The minimum absolute atomic E-state index is 0.594. The summed E-state index contributed by atoms with van der Waals surface area (Å²) in [5, 5.41) is 4.59. The molecular formula is C47H32N4O. The van der Waals surface area contributed by atoms with Gasteiger partial charge in [0.25, 0.3) is 0 Å². The third-order valence-electron chi connectivity index (χ3n) is 9.97. The fourth-order valence-electron chi connectivity index (χ4n) is 7.48. The second kappa shape index (κ2) is 11.9. The number of nitrogens with zero attached hydrogens (tertiary/aromatic N) is 4. The lowest BCUT2D eigenvalue weighted by Gasteiger charge is -2.16. The summed E-state index contributed by atoms with van der Waals surface area (Å²) in [6.07, 6.45) is 0. The lowest BCUT2D eigenvalue weighted by atomic mass is 9.98. The first kappa shape index (κ1) is 30.0. The molecule has 52 heavy (non-hydrogen) atoms. The number of aryl methyl sites for hydroxylation is 2. The molecule has 3 aromatic heterocycles. The van der Waals surface area contributed by atoms with Crippen LogP contribution in [-0.4, -0.2) is 19.5 Å². The molecule has 7 aromatic carbocycles. The highest BCUT2D eigenvalue weighted by molar-refractivity contribution is 6.11. The van der Waals surface area contributed by atoms with Crippen LogP contribution in [0.3, 0.4) is 0 Å². The number of benzene rings is 7. The monoisotopic (exact) mass is 668 g/mol. The highest BCUT2D eigenvalue weighted by Crippen LogP contribution is 2.41. The van der Waals surface area contributed by atoms with E-state index in [0.29, 0.717) is 17.5 Å². The number of fused-ring (bicyclic) bond motifs is 6. The van der Waals surface area contributed by atoms with Gasteiger partial charge in [0.1, 0.15) is 11.2 Å². The summed E-state index contributed by atoms with van der Waals surface area (Å²) in [4.78, 5) is 15.5. The molecule has 0 atom stereocenters. The molecule has 0 fully saturated rings. The largest absolute Gasteiger partial charge is 0.455 e. The van der Waals surface area contributed by atoms with Crippen molar-refractivity contribution < 1.29 is 4.42 Å². The van der Waals surface area contributed by atoms with Gasteiger partial charge in [-0.3, -0.25) is 0 Å². The van der Waals surface area contributed by atoms with Gasteiger partial charge in [0.05, 0.1) is 16.7 Å². The van der Waals surface area contributed by atoms with Gasteiger partial charge in [-0.2, -0.15) is 0 Å². The van der Waals surface area contributed by atoms with Crippen LogP contribution in [0.4, 0.5) is 0 Å². The van der Waals surface area contributed by atoms with Crippen LogP contribution < -0.4 is 0 Å². The molecule has 5 nitrogen and oxygen atoms in total. The molecule has 0 saturated heterocycles. The third kappa shape index (κ3) is 4.89. The molecular weight excluding hydrogens is 637 g/mol. The van der Waals surface area contributed by atoms with Crippen molar-refractivity contribution in [1.82, 2.24) is 19.5 Å². The number of hydrogen-bond donors (Lipinski definition) is 0. The first-order valence-electron chi connectivity index (χ1n) is 17.5. The Hall–Kier alpha value is -6.85. The quantitative estimate of drug-likeness (QED) is 0.183. The Labute approximate surface area is 300 Å². The van der Waals surface area contributed by atoms with E-state index < -0.39 is 0 Å². The molecule has 0 unspecified atom stereocenters. The maximum atomic E-state index is 6.54. The Balaban J connectivity index is 1.31. The van der Waals surface area contributed by atoms with Gasteiger partial charge in [0.15, 0.2) is 17.5 Å². The molecule has 10 aromatic rings. The minimum atomic E-state index is 0.594. The van der Waals surface area contributed by atoms with E-state index in [2.05, 4.69) is 103 Å². The zero-order valence-electron chi connectivity index (χ0n) is 28.7. The van der Waals surface area contributed by atoms with E-state index in [1.54, 1.807) is 0 Å². The third-order valence-corrected chi connectivity index (χ3v) is 9.97. The molecule has 0 aliphatic carbocycles. The second-order valence-electron chi connectivity index (χ2n) is 13.4. The van der Waals surface area contributed by atoms with Crippen molar-refractivity contribution in [3.8, 4) is 51.0 Å². The lowest BCUT2D eigenvalue weighted by Crippen LogP contribution is -2.04. The Bertz CT molecular complexity index is 2860. The van der Waals surface area contributed by atoms with Gasteiger partial charge in [-0.15, -0.1) is 0 Å². The summed E-state index contributed by atoms with van der Waals surface area (Å²) >= 11 is 0. The van der Waals surface area contributed by atoms with E-state index in [9.17, 15) is 0 Å².